The van der Waals surface area contributed by atoms with E-state index in [4.69, 9.17) is 4.74 Å². The second-order valence-corrected chi connectivity index (χ2v) is 7.76. The van der Waals surface area contributed by atoms with Gasteiger partial charge in [0.15, 0.2) is 0 Å². The van der Waals surface area contributed by atoms with Gasteiger partial charge in [0.05, 0.1) is 24.8 Å². The van der Waals surface area contributed by atoms with Crippen LogP contribution in [0.25, 0.3) is 0 Å². The zero-order valence-electron chi connectivity index (χ0n) is 18.2. The highest BCUT2D eigenvalue weighted by atomic mass is 19.1. The normalized spacial score (nSPS) is 12.5. The molecule has 0 atom stereocenters. The third-order valence-electron chi connectivity index (χ3n) is 5.20. The maximum absolute atomic E-state index is 14.1. The molecule has 0 bridgehead atoms. The van der Waals surface area contributed by atoms with Crippen LogP contribution in [0, 0.1) is 17.1 Å². The summed E-state index contributed by atoms with van der Waals surface area (Å²) in [5.41, 5.74) is 0.471. The van der Waals surface area contributed by atoms with Crippen molar-refractivity contribution < 1.29 is 18.7 Å². The number of aromatic nitrogens is 2. The van der Waals surface area contributed by atoms with E-state index in [0.29, 0.717) is 16.9 Å². The number of nitrogens with one attached hydrogen (secondary N) is 2. The average Bonchev–Trinajstić information content (AvgIpc) is 3.65. The number of carbonyl (C=O) groups excluding carboxylic acids is 2. The zero-order valence-corrected chi connectivity index (χ0v) is 18.2. The van der Waals surface area contributed by atoms with Crippen LogP contribution in [0.2, 0.25) is 0 Å². The second-order valence-electron chi connectivity index (χ2n) is 7.76. The second kappa shape index (κ2) is 9.54. The molecule has 10 heteroatoms. The number of carbonyl (C=O) groups is 2. The smallest absolute Gasteiger partial charge is 0.276 e. The minimum atomic E-state index is -0.695. The number of nitriles is 1. The van der Waals surface area contributed by atoms with Crippen molar-refractivity contribution in [3.63, 3.8) is 0 Å². The van der Waals surface area contributed by atoms with Crippen molar-refractivity contribution in [2.75, 3.05) is 12.4 Å². The molecule has 0 saturated heterocycles. The number of methoxy groups -OCH3 is 1. The van der Waals surface area contributed by atoms with Gasteiger partial charge in [-0.2, -0.15) is 10.4 Å². The van der Waals surface area contributed by atoms with E-state index < -0.39 is 23.2 Å². The van der Waals surface area contributed by atoms with Gasteiger partial charge < -0.3 is 15.4 Å². The Bertz CT molecular complexity index is 1370. The van der Waals surface area contributed by atoms with E-state index in [1.54, 1.807) is 18.2 Å². The predicted molar refractivity (Wildman–Crippen MR) is 120 cm³/mol. The summed E-state index contributed by atoms with van der Waals surface area (Å²) in [6.07, 6.45) is 1.72. The monoisotopic (exact) mass is 461 g/mol. The Hall–Kier alpha value is -4.52. The molecular weight excluding hydrogens is 441 g/mol. The quantitative estimate of drug-likeness (QED) is 0.557. The highest BCUT2D eigenvalue weighted by Crippen LogP contribution is 2.22. The van der Waals surface area contributed by atoms with Crippen LogP contribution in [0.15, 0.2) is 53.3 Å². The van der Waals surface area contributed by atoms with Crippen molar-refractivity contribution in [3.05, 3.63) is 87.1 Å². The lowest BCUT2D eigenvalue weighted by atomic mass is 10.1. The molecule has 0 radical (unpaired) electrons. The Balaban J connectivity index is 1.52. The lowest BCUT2D eigenvalue weighted by Gasteiger charge is -2.10. The molecule has 1 heterocycles. The highest BCUT2D eigenvalue weighted by molar-refractivity contribution is 6.03. The molecule has 2 aromatic carbocycles. The number of rotatable bonds is 7. The number of amides is 2. The molecular formula is C24H20FN5O4. The van der Waals surface area contributed by atoms with Crippen LogP contribution in [0.1, 0.15) is 44.8 Å². The van der Waals surface area contributed by atoms with Gasteiger partial charge in [-0.1, -0.05) is 6.07 Å². The van der Waals surface area contributed by atoms with E-state index in [-0.39, 0.29) is 29.5 Å². The molecule has 2 N–H and O–H groups in total. The summed E-state index contributed by atoms with van der Waals surface area (Å²) >= 11 is 0. The molecule has 0 spiro atoms. The van der Waals surface area contributed by atoms with Crippen molar-refractivity contribution in [1.82, 2.24) is 15.1 Å². The summed E-state index contributed by atoms with van der Waals surface area (Å²) in [5, 5.41) is 18.6. The van der Waals surface area contributed by atoms with Gasteiger partial charge >= 0.3 is 0 Å². The molecule has 4 rings (SSSR count). The summed E-state index contributed by atoms with van der Waals surface area (Å²) < 4.78 is 20.3. The molecule has 1 saturated carbocycles. The molecule has 1 aliphatic rings. The van der Waals surface area contributed by atoms with E-state index in [0.717, 1.165) is 23.6 Å². The third kappa shape index (κ3) is 5.10. The summed E-state index contributed by atoms with van der Waals surface area (Å²) in [6, 6.07) is 13.1. The first kappa shape index (κ1) is 22.7. The summed E-state index contributed by atoms with van der Waals surface area (Å²) in [7, 11) is 1.45. The van der Waals surface area contributed by atoms with Gasteiger partial charge in [0.1, 0.15) is 23.3 Å². The molecule has 3 aromatic rings. The first-order valence-corrected chi connectivity index (χ1v) is 10.4. The summed E-state index contributed by atoms with van der Waals surface area (Å²) in [6.45, 7) is 0.0284. The van der Waals surface area contributed by atoms with E-state index in [9.17, 15) is 24.0 Å². The number of nitrogens with zero attached hydrogens (tertiary/aromatic N) is 3. The molecule has 1 aliphatic carbocycles. The summed E-state index contributed by atoms with van der Waals surface area (Å²) in [5.74, 6) is -1.47. The van der Waals surface area contributed by atoms with Crippen LogP contribution < -0.4 is 20.9 Å². The molecule has 172 valence electrons. The fourth-order valence-corrected chi connectivity index (χ4v) is 3.26. The Morgan fingerprint density at radius 1 is 1.18 bits per heavy atom. The number of anilines is 1. The Morgan fingerprint density at radius 2 is 1.97 bits per heavy atom. The predicted octanol–water partition coefficient (Wildman–Crippen LogP) is 2.46. The van der Waals surface area contributed by atoms with Crippen LogP contribution in [-0.4, -0.2) is 34.7 Å². The highest BCUT2D eigenvalue weighted by Gasteiger charge is 2.25. The van der Waals surface area contributed by atoms with Crippen molar-refractivity contribution in [2.45, 2.75) is 25.4 Å². The van der Waals surface area contributed by atoms with Crippen molar-refractivity contribution in [2.24, 2.45) is 0 Å². The first-order valence-electron chi connectivity index (χ1n) is 10.4. The Labute approximate surface area is 193 Å². The molecule has 1 fully saturated rings. The lowest BCUT2D eigenvalue weighted by Crippen LogP contribution is -2.27. The minimum Gasteiger partial charge on any atom is -0.495 e. The molecule has 2 amide bonds. The average molecular weight is 461 g/mol. The van der Waals surface area contributed by atoms with Gasteiger partial charge in [-0.05, 0) is 54.8 Å². The van der Waals surface area contributed by atoms with Crippen LogP contribution in [-0.2, 0) is 6.54 Å². The number of ether oxygens (including phenoxy) is 1. The van der Waals surface area contributed by atoms with Crippen LogP contribution in [0.5, 0.6) is 5.75 Å². The molecule has 1 aromatic heterocycles. The van der Waals surface area contributed by atoms with Crippen LogP contribution >= 0.6 is 0 Å². The number of hydrogen-bond donors (Lipinski definition) is 2. The van der Waals surface area contributed by atoms with Crippen molar-refractivity contribution in [3.8, 4) is 11.8 Å². The largest absolute Gasteiger partial charge is 0.495 e. The molecule has 0 aliphatic heterocycles. The van der Waals surface area contributed by atoms with Gasteiger partial charge in [-0.25, -0.2) is 9.07 Å². The molecule has 9 nitrogen and oxygen atoms in total. The van der Waals surface area contributed by atoms with Gasteiger partial charge in [-0.3, -0.25) is 14.4 Å². The zero-order chi connectivity index (χ0) is 24.2. The lowest BCUT2D eigenvalue weighted by molar-refractivity contribution is 0.0945. The SMILES string of the molecule is COc1ccc(Cn2nc(C(=O)Nc3ccc(F)c(C(=O)NC4CC4)c3)ccc2=O)cc1C#N. The molecule has 0 unspecified atom stereocenters. The minimum absolute atomic E-state index is 0.0284. The third-order valence-corrected chi connectivity index (χ3v) is 5.20. The topological polar surface area (TPSA) is 126 Å². The van der Waals surface area contributed by atoms with Crippen LogP contribution in [0.3, 0.4) is 0 Å². The van der Waals surface area contributed by atoms with Gasteiger partial charge in [0.2, 0.25) is 0 Å². The first-order chi connectivity index (χ1) is 16.4. The standard InChI is InChI=1S/C24H20FN5O4/c1-34-21-8-2-14(10-15(21)12-26)13-30-22(31)9-7-20(29-30)24(33)28-17-5-6-19(25)18(11-17)23(32)27-16-3-4-16/h2,5-11,16H,3-4,13H2,1H3,(H,27,32)(H,28,33). The Morgan fingerprint density at radius 3 is 2.68 bits per heavy atom. The Kier molecular flexibility index (Phi) is 6.36. The maximum Gasteiger partial charge on any atom is 0.276 e. The fraction of sp³-hybridized carbons (Fsp3) is 0.208. The van der Waals surface area contributed by atoms with E-state index >= 15 is 0 Å². The van der Waals surface area contributed by atoms with Gasteiger partial charge in [0, 0.05) is 17.8 Å². The van der Waals surface area contributed by atoms with Crippen LogP contribution in [0.4, 0.5) is 10.1 Å². The van der Waals surface area contributed by atoms with Crippen molar-refractivity contribution in [1.29, 1.82) is 5.26 Å². The number of benzene rings is 2. The van der Waals surface area contributed by atoms with E-state index in [1.165, 1.54) is 31.4 Å². The van der Waals surface area contributed by atoms with E-state index in [2.05, 4.69) is 15.7 Å². The maximum atomic E-state index is 14.1. The summed E-state index contributed by atoms with van der Waals surface area (Å²) in [4.78, 5) is 37.2. The fourth-order valence-electron chi connectivity index (χ4n) is 3.26. The van der Waals surface area contributed by atoms with Gasteiger partial charge in [0.25, 0.3) is 17.4 Å². The molecule has 34 heavy (non-hydrogen) atoms. The number of hydrogen-bond acceptors (Lipinski definition) is 6. The number of halogens is 1. The van der Waals surface area contributed by atoms with E-state index in [1.807, 2.05) is 6.07 Å². The van der Waals surface area contributed by atoms with Gasteiger partial charge in [-0.15, -0.1) is 0 Å². The van der Waals surface area contributed by atoms with Crippen molar-refractivity contribution >= 4 is 17.5 Å².